The minimum Gasteiger partial charge on any atom is -0.356 e. The van der Waals surface area contributed by atoms with Crippen LogP contribution in [-0.2, 0) is 9.59 Å². The number of likely N-dealkylation sites (tertiary alicyclic amines) is 1. The van der Waals surface area contributed by atoms with E-state index in [1.165, 1.54) is 19.3 Å². The summed E-state index contributed by atoms with van der Waals surface area (Å²) in [6, 6.07) is 0.172. The predicted molar refractivity (Wildman–Crippen MR) is 110 cm³/mol. The van der Waals surface area contributed by atoms with Gasteiger partial charge in [-0.1, -0.05) is 32.6 Å². The van der Waals surface area contributed by atoms with Crippen LogP contribution in [0.25, 0.3) is 0 Å². The molecule has 0 spiro atoms. The molecule has 0 aromatic heterocycles. The van der Waals surface area contributed by atoms with Crippen molar-refractivity contribution >= 4 is 17.8 Å². The molecule has 2 rings (SSSR count). The van der Waals surface area contributed by atoms with Gasteiger partial charge in [0.25, 0.3) is 0 Å². The highest BCUT2D eigenvalue weighted by Crippen LogP contribution is 2.18. The number of amides is 4. The second kappa shape index (κ2) is 12.6. The molecule has 0 aromatic rings. The predicted octanol–water partition coefficient (Wildman–Crippen LogP) is 2.55. The zero-order chi connectivity index (χ0) is 20.2. The molecule has 7 heteroatoms. The first-order valence-electron chi connectivity index (χ1n) is 11.2. The van der Waals surface area contributed by atoms with Gasteiger partial charge in [0.15, 0.2) is 0 Å². The second-order valence-electron chi connectivity index (χ2n) is 8.16. The Balaban J connectivity index is 1.59. The van der Waals surface area contributed by atoms with E-state index in [-0.39, 0.29) is 23.8 Å². The summed E-state index contributed by atoms with van der Waals surface area (Å²) in [5, 5.41) is 8.86. The van der Waals surface area contributed by atoms with Crippen molar-refractivity contribution in [1.29, 1.82) is 0 Å². The largest absolute Gasteiger partial charge is 0.356 e. The molecule has 0 bridgehead atoms. The maximum Gasteiger partial charge on any atom is 0.315 e. The van der Waals surface area contributed by atoms with Crippen LogP contribution in [0.1, 0.15) is 77.6 Å². The van der Waals surface area contributed by atoms with Crippen molar-refractivity contribution in [3.63, 3.8) is 0 Å². The lowest BCUT2D eigenvalue weighted by Gasteiger charge is -2.32. The maximum absolute atomic E-state index is 12.5. The first-order valence-corrected chi connectivity index (χ1v) is 11.2. The Morgan fingerprint density at radius 2 is 1.68 bits per heavy atom. The fraction of sp³-hybridized carbons (Fsp3) is 0.857. The Morgan fingerprint density at radius 1 is 0.929 bits per heavy atom. The third-order valence-electron chi connectivity index (χ3n) is 5.77. The smallest absolute Gasteiger partial charge is 0.315 e. The van der Waals surface area contributed by atoms with Crippen LogP contribution in [-0.4, -0.2) is 55.0 Å². The number of hydrogen-bond acceptors (Lipinski definition) is 3. The molecule has 160 valence electrons. The molecule has 1 aliphatic heterocycles. The Labute approximate surface area is 169 Å². The number of piperidine rings is 1. The third kappa shape index (κ3) is 8.07. The van der Waals surface area contributed by atoms with Crippen LogP contribution in [0, 0.1) is 5.92 Å². The van der Waals surface area contributed by atoms with Gasteiger partial charge < -0.3 is 20.9 Å². The summed E-state index contributed by atoms with van der Waals surface area (Å²) in [6.45, 7) is 4.56. The van der Waals surface area contributed by atoms with Crippen LogP contribution in [0.15, 0.2) is 0 Å². The van der Waals surface area contributed by atoms with Gasteiger partial charge >= 0.3 is 6.03 Å². The summed E-state index contributed by atoms with van der Waals surface area (Å²) >= 11 is 0. The zero-order valence-corrected chi connectivity index (χ0v) is 17.4. The Morgan fingerprint density at radius 3 is 2.43 bits per heavy atom. The minimum absolute atomic E-state index is 0.0759. The third-order valence-corrected chi connectivity index (χ3v) is 5.77. The van der Waals surface area contributed by atoms with Crippen LogP contribution in [0.3, 0.4) is 0 Å². The van der Waals surface area contributed by atoms with Crippen LogP contribution in [0.4, 0.5) is 4.79 Å². The number of nitrogens with one attached hydrogen (secondary N) is 3. The van der Waals surface area contributed by atoms with Gasteiger partial charge in [0.2, 0.25) is 11.8 Å². The summed E-state index contributed by atoms with van der Waals surface area (Å²) in [5.74, 6) is 0.0708. The maximum atomic E-state index is 12.5. The molecule has 7 nitrogen and oxygen atoms in total. The minimum atomic E-state index is -0.124. The van der Waals surface area contributed by atoms with Crippen molar-refractivity contribution < 1.29 is 14.4 Å². The quantitative estimate of drug-likeness (QED) is 0.525. The highest BCUT2D eigenvalue weighted by molar-refractivity contribution is 5.81. The molecule has 0 aromatic carbocycles. The van der Waals surface area contributed by atoms with Crippen molar-refractivity contribution in [1.82, 2.24) is 20.9 Å². The average molecular weight is 395 g/mol. The van der Waals surface area contributed by atoms with Crippen molar-refractivity contribution in [2.24, 2.45) is 5.92 Å². The molecule has 2 aliphatic rings. The van der Waals surface area contributed by atoms with Crippen LogP contribution in [0.2, 0.25) is 0 Å². The van der Waals surface area contributed by atoms with Crippen LogP contribution >= 0.6 is 0 Å². The van der Waals surface area contributed by atoms with Gasteiger partial charge in [0, 0.05) is 38.6 Å². The monoisotopic (exact) mass is 394 g/mol. The second-order valence-corrected chi connectivity index (χ2v) is 8.16. The lowest BCUT2D eigenvalue weighted by molar-refractivity contribution is -0.135. The van der Waals surface area contributed by atoms with Gasteiger partial charge in [0.05, 0.1) is 5.92 Å². The number of carbonyl (C=O) groups is 3. The highest BCUT2D eigenvalue weighted by atomic mass is 16.2. The fourth-order valence-corrected chi connectivity index (χ4v) is 4.03. The van der Waals surface area contributed by atoms with Gasteiger partial charge in [0.1, 0.15) is 0 Å². The Hall–Kier alpha value is -1.79. The molecule has 2 fully saturated rings. The molecule has 0 radical (unpaired) electrons. The van der Waals surface area contributed by atoms with E-state index < -0.39 is 0 Å². The normalized spacial score (nSPS) is 20.5. The first-order chi connectivity index (χ1) is 13.6. The van der Waals surface area contributed by atoms with E-state index in [1.54, 1.807) is 0 Å². The molecule has 1 saturated heterocycles. The van der Waals surface area contributed by atoms with Crippen molar-refractivity contribution in [2.45, 2.75) is 83.6 Å². The molecular weight excluding hydrogens is 356 g/mol. The van der Waals surface area contributed by atoms with Gasteiger partial charge in [-0.3, -0.25) is 9.59 Å². The highest BCUT2D eigenvalue weighted by Gasteiger charge is 2.27. The van der Waals surface area contributed by atoms with Gasteiger partial charge in [-0.25, -0.2) is 4.79 Å². The van der Waals surface area contributed by atoms with E-state index in [1.807, 2.05) is 4.90 Å². The molecule has 1 heterocycles. The number of nitrogens with zero attached hydrogens (tertiary/aromatic N) is 1. The number of hydrogen-bond donors (Lipinski definition) is 3. The zero-order valence-electron chi connectivity index (χ0n) is 17.4. The Kier molecular flexibility index (Phi) is 10.1. The number of carbonyl (C=O) groups excluding carboxylic acids is 3. The van der Waals surface area contributed by atoms with E-state index in [9.17, 15) is 14.4 Å². The average Bonchev–Trinajstić information content (AvgIpc) is 2.72. The van der Waals surface area contributed by atoms with Gasteiger partial charge in [-0.2, -0.15) is 0 Å². The van der Waals surface area contributed by atoms with Crippen LogP contribution < -0.4 is 16.0 Å². The fourth-order valence-electron chi connectivity index (χ4n) is 4.03. The van der Waals surface area contributed by atoms with Gasteiger partial charge in [-0.05, 0) is 38.5 Å². The molecular formula is C21H38N4O3. The molecule has 4 amide bonds. The van der Waals surface area contributed by atoms with E-state index in [0.717, 1.165) is 45.1 Å². The summed E-state index contributed by atoms with van der Waals surface area (Å²) in [4.78, 5) is 38.4. The number of urea groups is 1. The van der Waals surface area contributed by atoms with E-state index in [0.29, 0.717) is 38.5 Å². The molecule has 28 heavy (non-hydrogen) atoms. The lowest BCUT2D eigenvalue weighted by Crippen LogP contribution is -2.46. The summed E-state index contributed by atoms with van der Waals surface area (Å²) < 4.78 is 0. The van der Waals surface area contributed by atoms with E-state index >= 15 is 0 Å². The lowest BCUT2D eigenvalue weighted by atomic mass is 9.96. The summed E-state index contributed by atoms with van der Waals surface area (Å²) in [7, 11) is 0. The van der Waals surface area contributed by atoms with Crippen molar-refractivity contribution in [2.75, 3.05) is 26.2 Å². The molecule has 3 N–H and O–H groups in total. The van der Waals surface area contributed by atoms with E-state index in [2.05, 4.69) is 22.9 Å². The van der Waals surface area contributed by atoms with Gasteiger partial charge in [-0.15, -0.1) is 0 Å². The summed E-state index contributed by atoms with van der Waals surface area (Å²) in [5.41, 5.74) is 0. The molecule has 1 saturated carbocycles. The number of unbranched alkanes of at least 4 members (excludes halogenated alkanes) is 1. The number of rotatable bonds is 9. The summed E-state index contributed by atoms with van der Waals surface area (Å²) in [6.07, 6.45) is 10.6. The first kappa shape index (κ1) is 22.5. The molecule has 1 aliphatic carbocycles. The van der Waals surface area contributed by atoms with E-state index in [4.69, 9.17) is 0 Å². The molecule has 1 unspecified atom stereocenters. The SMILES string of the molecule is CCCCNC(=O)C1CCCN(C(=O)CCCNC(=O)NC2CCCCC2)C1. The standard InChI is InChI=1S/C21H38N4O3/c1-2-3-13-22-20(27)17-9-8-15-25(16-17)19(26)12-7-14-23-21(28)24-18-10-5-4-6-11-18/h17-18H,2-16H2,1H3,(H,22,27)(H2,23,24,28). The Bertz CT molecular complexity index is 506. The van der Waals surface area contributed by atoms with Crippen molar-refractivity contribution in [3.05, 3.63) is 0 Å². The topological polar surface area (TPSA) is 90.5 Å². The van der Waals surface area contributed by atoms with Crippen LogP contribution in [0.5, 0.6) is 0 Å². The van der Waals surface area contributed by atoms with Crippen molar-refractivity contribution in [3.8, 4) is 0 Å². The molecule has 1 atom stereocenters.